The largest absolute Gasteiger partial charge is 0.462 e. The van der Waals surface area contributed by atoms with Crippen molar-refractivity contribution in [2.24, 2.45) is 0 Å². The number of fused-ring (bicyclic) bond motifs is 1. The SMILES string of the molecule is CCCC(CC)c1nn2cccnc2c1C(=O)OCC. The van der Waals surface area contributed by atoms with E-state index in [0.717, 1.165) is 25.0 Å². The quantitative estimate of drug-likeness (QED) is 0.760. The monoisotopic (exact) mass is 275 g/mol. The average molecular weight is 275 g/mol. The van der Waals surface area contributed by atoms with Crippen molar-refractivity contribution < 1.29 is 9.53 Å². The number of hydrogen-bond acceptors (Lipinski definition) is 4. The molecule has 0 fully saturated rings. The summed E-state index contributed by atoms with van der Waals surface area (Å²) in [6, 6.07) is 1.81. The van der Waals surface area contributed by atoms with E-state index in [9.17, 15) is 4.79 Å². The Bertz CT molecular complexity index is 592. The maximum atomic E-state index is 12.2. The molecule has 1 unspecified atom stereocenters. The van der Waals surface area contributed by atoms with Crippen molar-refractivity contribution in [1.82, 2.24) is 14.6 Å². The van der Waals surface area contributed by atoms with Gasteiger partial charge in [-0.2, -0.15) is 5.10 Å². The van der Waals surface area contributed by atoms with E-state index >= 15 is 0 Å². The Labute approximate surface area is 119 Å². The third-order valence-electron chi connectivity index (χ3n) is 3.42. The molecule has 5 nitrogen and oxygen atoms in total. The van der Waals surface area contributed by atoms with Crippen LogP contribution >= 0.6 is 0 Å². The second-order valence-corrected chi connectivity index (χ2v) is 4.76. The van der Waals surface area contributed by atoms with Crippen LogP contribution in [0, 0.1) is 0 Å². The summed E-state index contributed by atoms with van der Waals surface area (Å²) in [4.78, 5) is 16.5. The van der Waals surface area contributed by atoms with Crippen molar-refractivity contribution in [1.29, 1.82) is 0 Å². The Morgan fingerprint density at radius 3 is 2.85 bits per heavy atom. The molecular formula is C15H21N3O2. The molecule has 0 aliphatic carbocycles. The molecule has 2 aromatic rings. The molecule has 5 heteroatoms. The van der Waals surface area contributed by atoms with Gasteiger partial charge in [-0.15, -0.1) is 0 Å². The zero-order valence-electron chi connectivity index (χ0n) is 12.3. The lowest BCUT2D eigenvalue weighted by Gasteiger charge is -2.12. The molecule has 0 radical (unpaired) electrons. The number of carbonyl (C=O) groups excluding carboxylic acids is 1. The highest BCUT2D eigenvalue weighted by atomic mass is 16.5. The van der Waals surface area contributed by atoms with Crippen molar-refractivity contribution in [2.75, 3.05) is 6.61 Å². The van der Waals surface area contributed by atoms with E-state index in [4.69, 9.17) is 4.74 Å². The van der Waals surface area contributed by atoms with E-state index in [1.807, 2.05) is 6.20 Å². The van der Waals surface area contributed by atoms with Crippen LogP contribution < -0.4 is 0 Å². The van der Waals surface area contributed by atoms with Gasteiger partial charge in [-0.1, -0.05) is 20.3 Å². The van der Waals surface area contributed by atoms with Gasteiger partial charge in [0.1, 0.15) is 5.56 Å². The van der Waals surface area contributed by atoms with Gasteiger partial charge in [0, 0.05) is 18.3 Å². The number of carbonyl (C=O) groups is 1. The number of rotatable bonds is 6. The fourth-order valence-corrected chi connectivity index (χ4v) is 2.47. The van der Waals surface area contributed by atoms with Gasteiger partial charge in [0.25, 0.3) is 0 Å². The van der Waals surface area contributed by atoms with Gasteiger partial charge in [-0.05, 0) is 25.8 Å². The van der Waals surface area contributed by atoms with Crippen LogP contribution in [-0.4, -0.2) is 27.2 Å². The average Bonchev–Trinajstić information content (AvgIpc) is 2.84. The molecule has 0 N–H and O–H groups in total. The van der Waals surface area contributed by atoms with E-state index in [1.54, 1.807) is 23.7 Å². The third-order valence-corrected chi connectivity index (χ3v) is 3.42. The highest BCUT2D eigenvalue weighted by molar-refractivity contribution is 5.97. The molecule has 108 valence electrons. The van der Waals surface area contributed by atoms with Crippen LogP contribution in [0.3, 0.4) is 0 Å². The normalized spacial score (nSPS) is 12.6. The van der Waals surface area contributed by atoms with E-state index in [-0.39, 0.29) is 11.9 Å². The first-order chi connectivity index (χ1) is 9.72. The topological polar surface area (TPSA) is 56.5 Å². The first-order valence-corrected chi connectivity index (χ1v) is 7.23. The number of ether oxygens (including phenoxy) is 1. The Balaban J connectivity index is 2.56. The summed E-state index contributed by atoms with van der Waals surface area (Å²) >= 11 is 0. The fraction of sp³-hybridized carbons (Fsp3) is 0.533. The first kappa shape index (κ1) is 14.5. The molecule has 2 rings (SSSR count). The van der Waals surface area contributed by atoms with Gasteiger partial charge in [0.05, 0.1) is 12.3 Å². The van der Waals surface area contributed by atoms with E-state index < -0.39 is 0 Å². The summed E-state index contributed by atoms with van der Waals surface area (Å²) in [5.41, 5.74) is 1.91. The van der Waals surface area contributed by atoms with Crippen LogP contribution in [0.1, 0.15) is 62.0 Å². The van der Waals surface area contributed by atoms with Crippen LogP contribution in [-0.2, 0) is 4.74 Å². The molecule has 0 saturated heterocycles. The molecule has 0 saturated carbocycles. The minimum atomic E-state index is -0.328. The summed E-state index contributed by atoms with van der Waals surface area (Å²) < 4.78 is 6.84. The number of nitrogens with zero attached hydrogens (tertiary/aromatic N) is 3. The van der Waals surface area contributed by atoms with Gasteiger partial charge in [-0.25, -0.2) is 14.3 Å². The Hall–Kier alpha value is -1.91. The summed E-state index contributed by atoms with van der Waals surface area (Å²) in [5, 5.41) is 4.56. The van der Waals surface area contributed by atoms with Crippen LogP contribution in [0.15, 0.2) is 18.5 Å². The molecule has 0 amide bonds. The van der Waals surface area contributed by atoms with Gasteiger partial charge >= 0.3 is 5.97 Å². The van der Waals surface area contributed by atoms with Gasteiger partial charge in [0.15, 0.2) is 5.65 Å². The third kappa shape index (κ3) is 2.66. The standard InChI is InChI=1S/C15H21N3O2/c1-4-8-11(5-2)13-12(15(19)20-6-3)14-16-9-7-10-18(14)17-13/h7,9-11H,4-6,8H2,1-3H3. The van der Waals surface area contributed by atoms with Crippen LogP contribution in [0.5, 0.6) is 0 Å². The summed E-state index contributed by atoms with van der Waals surface area (Å²) in [5.74, 6) is -0.0631. The maximum Gasteiger partial charge on any atom is 0.343 e. The molecule has 0 aliphatic heterocycles. The predicted octanol–water partition coefficient (Wildman–Crippen LogP) is 3.20. The van der Waals surface area contributed by atoms with Crippen LogP contribution in [0.25, 0.3) is 5.65 Å². The van der Waals surface area contributed by atoms with Gasteiger partial charge in [0.2, 0.25) is 0 Å². The Morgan fingerprint density at radius 2 is 2.20 bits per heavy atom. The summed E-state index contributed by atoms with van der Waals surface area (Å²) in [6.45, 7) is 6.42. The van der Waals surface area contributed by atoms with Crippen molar-refractivity contribution in [3.8, 4) is 0 Å². The second-order valence-electron chi connectivity index (χ2n) is 4.76. The zero-order chi connectivity index (χ0) is 14.5. The first-order valence-electron chi connectivity index (χ1n) is 7.23. The van der Waals surface area contributed by atoms with Crippen molar-refractivity contribution in [3.63, 3.8) is 0 Å². The van der Waals surface area contributed by atoms with Crippen LogP contribution in [0.2, 0.25) is 0 Å². The van der Waals surface area contributed by atoms with Gasteiger partial charge in [-0.3, -0.25) is 0 Å². The minimum Gasteiger partial charge on any atom is -0.462 e. The molecule has 0 aromatic carbocycles. The second kappa shape index (κ2) is 6.50. The Kier molecular flexibility index (Phi) is 4.71. The molecule has 0 spiro atoms. The minimum absolute atomic E-state index is 0.265. The smallest absolute Gasteiger partial charge is 0.343 e. The highest BCUT2D eigenvalue weighted by Crippen LogP contribution is 2.29. The van der Waals surface area contributed by atoms with E-state index in [0.29, 0.717) is 17.8 Å². The number of hydrogen-bond donors (Lipinski definition) is 0. The van der Waals surface area contributed by atoms with Crippen LogP contribution in [0.4, 0.5) is 0 Å². The lowest BCUT2D eigenvalue weighted by Crippen LogP contribution is -2.10. The molecule has 20 heavy (non-hydrogen) atoms. The maximum absolute atomic E-state index is 12.2. The number of aromatic nitrogens is 3. The van der Waals surface area contributed by atoms with Gasteiger partial charge < -0.3 is 4.74 Å². The van der Waals surface area contributed by atoms with Crippen molar-refractivity contribution in [3.05, 3.63) is 29.7 Å². The van der Waals surface area contributed by atoms with Crippen molar-refractivity contribution >= 4 is 11.6 Å². The molecular weight excluding hydrogens is 254 g/mol. The van der Waals surface area contributed by atoms with E-state index in [1.165, 1.54) is 0 Å². The zero-order valence-corrected chi connectivity index (χ0v) is 12.3. The summed E-state index contributed by atoms with van der Waals surface area (Å²) in [6.07, 6.45) is 6.50. The number of esters is 1. The fourth-order valence-electron chi connectivity index (χ4n) is 2.47. The summed E-state index contributed by atoms with van der Waals surface area (Å²) in [7, 11) is 0. The molecule has 0 bridgehead atoms. The highest BCUT2D eigenvalue weighted by Gasteiger charge is 2.26. The molecule has 0 aliphatic rings. The lowest BCUT2D eigenvalue weighted by molar-refractivity contribution is 0.0526. The molecule has 2 heterocycles. The molecule has 1 atom stereocenters. The predicted molar refractivity (Wildman–Crippen MR) is 76.9 cm³/mol. The lowest BCUT2D eigenvalue weighted by atomic mass is 9.94. The Morgan fingerprint density at radius 1 is 1.40 bits per heavy atom. The van der Waals surface area contributed by atoms with Crippen molar-refractivity contribution in [2.45, 2.75) is 46.0 Å². The molecule has 2 aromatic heterocycles. The van der Waals surface area contributed by atoms with E-state index in [2.05, 4.69) is 23.9 Å².